The molecule has 1 rings (SSSR count). The molecule has 132 valence electrons. The number of nitrogens with one attached hydrogen (secondary N) is 2. The summed E-state index contributed by atoms with van der Waals surface area (Å²) in [5.74, 6) is -0.664. The lowest BCUT2D eigenvalue weighted by atomic mass is 10.1. The topological polar surface area (TPSA) is 93.7 Å². The standard InChI is InChI=1S/C16H21BrN2O5/c1-16(2,3)19-15(22)18-13(20)10-24-14(21)7-8-23-12-6-4-5-11(17)9-12/h4-6,9H,7-8,10H2,1-3H3,(H2,18,19,20,22). The maximum atomic E-state index is 11.5. The quantitative estimate of drug-likeness (QED) is 0.714. The average Bonchev–Trinajstić information content (AvgIpc) is 2.43. The third-order valence-electron chi connectivity index (χ3n) is 2.48. The van der Waals surface area contributed by atoms with E-state index < -0.39 is 30.1 Å². The Labute approximate surface area is 149 Å². The number of hydrogen-bond acceptors (Lipinski definition) is 5. The minimum absolute atomic E-state index is 0.00597. The fourth-order valence-corrected chi connectivity index (χ4v) is 1.94. The summed E-state index contributed by atoms with van der Waals surface area (Å²) in [5.41, 5.74) is -0.467. The number of hydrogen-bond donors (Lipinski definition) is 2. The molecule has 0 atom stereocenters. The van der Waals surface area contributed by atoms with Crippen LogP contribution in [0, 0.1) is 0 Å². The molecule has 0 aliphatic rings. The number of rotatable bonds is 6. The Kier molecular flexibility index (Phi) is 7.70. The summed E-state index contributed by atoms with van der Waals surface area (Å²) in [6.07, 6.45) is -0.00597. The van der Waals surface area contributed by atoms with E-state index in [-0.39, 0.29) is 13.0 Å². The van der Waals surface area contributed by atoms with Crippen LogP contribution in [-0.2, 0) is 14.3 Å². The van der Waals surface area contributed by atoms with Crippen molar-refractivity contribution >= 4 is 33.8 Å². The van der Waals surface area contributed by atoms with Crippen LogP contribution in [0.4, 0.5) is 4.79 Å². The fourth-order valence-electron chi connectivity index (χ4n) is 1.56. The molecule has 2 N–H and O–H groups in total. The number of benzene rings is 1. The highest BCUT2D eigenvalue weighted by Gasteiger charge is 2.16. The number of amides is 3. The van der Waals surface area contributed by atoms with Crippen molar-refractivity contribution in [2.45, 2.75) is 32.7 Å². The van der Waals surface area contributed by atoms with Crippen LogP contribution in [0.15, 0.2) is 28.7 Å². The number of esters is 1. The van der Waals surface area contributed by atoms with Gasteiger partial charge in [0.05, 0.1) is 13.0 Å². The van der Waals surface area contributed by atoms with Gasteiger partial charge in [-0.15, -0.1) is 0 Å². The van der Waals surface area contributed by atoms with E-state index in [1.807, 2.05) is 12.1 Å². The monoisotopic (exact) mass is 400 g/mol. The van der Waals surface area contributed by atoms with Gasteiger partial charge in [0.2, 0.25) is 0 Å². The lowest BCUT2D eigenvalue weighted by Crippen LogP contribution is -2.49. The first-order valence-electron chi connectivity index (χ1n) is 7.32. The molecule has 0 fully saturated rings. The molecule has 8 heteroatoms. The molecule has 1 aromatic carbocycles. The van der Waals surface area contributed by atoms with E-state index in [4.69, 9.17) is 9.47 Å². The fraction of sp³-hybridized carbons (Fsp3) is 0.438. The SMILES string of the molecule is CC(C)(C)NC(=O)NC(=O)COC(=O)CCOc1cccc(Br)c1. The van der Waals surface area contributed by atoms with Crippen molar-refractivity contribution < 1.29 is 23.9 Å². The second kappa shape index (κ2) is 9.27. The van der Waals surface area contributed by atoms with Crippen LogP contribution >= 0.6 is 15.9 Å². The largest absolute Gasteiger partial charge is 0.493 e. The van der Waals surface area contributed by atoms with Crippen molar-refractivity contribution in [3.63, 3.8) is 0 Å². The van der Waals surface area contributed by atoms with Gasteiger partial charge < -0.3 is 14.8 Å². The zero-order chi connectivity index (χ0) is 18.2. The summed E-state index contributed by atoms with van der Waals surface area (Å²) in [7, 11) is 0. The Morgan fingerprint density at radius 3 is 2.54 bits per heavy atom. The highest BCUT2D eigenvalue weighted by molar-refractivity contribution is 9.10. The van der Waals surface area contributed by atoms with E-state index >= 15 is 0 Å². The molecule has 0 unspecified atom stereocenters. The van der Waals surface area contributed by atoms with Crippen LogP contribution in [0.5, 0.6) is 5.75 Å². The number of carbonyl (C=O) groups is 3. The highest BCUT2D eigenvalue weighted by atomic mass is 79.9. The molecule has 0 radical (unpaired) electrons. The van der Waals surface area contributed by atoms with E-state index in [0.717, 1.165) is 4.47 Å². The minimum atomic E-state index is -0.696. The van der Waals surface area contributed by atoms with Crippen LogP contribution < -0.4 is 15.4 Å². The normalized spacial score (nSPS) is 10.7. The number of imide groups is 1. The minimum Gasteiger partial charge on any atom is -0.493 e. The first kappa shape index (κ1) is 20.0. The molecule has 0 heterocycles. The average molecular weight is 401 g/mol. The molecule has 3 amide bonds. The van der Waals surface area contributed by atoms with Gasteiger partial charge in [-0.05, 0) is 39.0 Å². The van der Waals surface area contributed by atoms with Gasteiger partial charge >= 0.3 is 12.0 Å². The summed E-state index contributed by atoms with van der Waals surface area (Å²) in [5, 5.41) is 4.64. The molecular weight excluding hydrogens is 380 g/mol. The van der Waals surface area contributed by atoms with Gasteiger partial charge in [-0.25, -0.2) is 4.79 Å². The molecular formula is C16H21BrN2O5. The van der Waals surface area contributed by atoms with Gasteiger partial charge in [0.1, 0.15) is 5.75 Å². The summed E-state index contributed by atoms with van der Waals surface area (Å²) in [6.45, 7) is 4.95. The number of halogens is 1. The van der Waals surface area contributed by atoms with E-state index in [0.29, 0.717) is 5.75 Å². The number of ether oxygens (including phenoxy) is 2. The van der Waals surface area contributed by atoms with Gasteiger partial charge in [0.25, 0.3) is 5.91 Å². The Bertz CT molecular complexity index is 598. The van der Waals surface area contributed by atoms with E-state index in [2.05, 4.69) is 26.6 Å². The maximum absolute atomic E-state index is 11.5. The predicted molar refractivity (Wildman–Crippen MR) is 91.6 cm³/mol. The zero-order valence-corrected chi connectivity index (χ0v) is 15.4. The molecule has 0 spiro atoms. The number of carbonyl (C=O) groups excluding carboxylic acids is 3. The summed E-state index contributed by atoms with van der Waals surface area (Å²) < 4.78 is 11.0. The molecule has 0 aliphatic carbocycles. The van der Waals surface area contributed by atoms with E-state index in [1.54, 1.807) is 32.9 Å². The highest BCUT2D eigenvalue weighted by Crippen LogP contribution is 2.17. The van der Waals surface area contributed by atoms with Gasteiger partial charge in [0, 0.05) is 10.0 Å². The lowest BCUT2D eigenvalue weighted by Gasteiger charge is -2.20. The summed E-state index contributed by atoms with van der Waals surface area (Å²) in [4.78, 5) is 34.5. The van der Waals surface area contributed by atoms with E-state index in [9.17, 15) is 14.4 Å². The van der Waals surface area contributed by atoms with Crippen molar-refractivity contribution in [1.29, 1.82) is 0 Å². The van der Waals surface area contributed by atoms with Crippen molar-refractivity contribution in [3.05, 3.63) is 28.7 Å². The van der Waals surface area contributed by atoms with Crippen molar-refractivity contribution in [2.75, 3.05) is 13.2 Å². The summed E-state index contributed by atoms with van der Waals surface area (Å²) in [6, 6.07) is 6.56. The van der Waals surface area contributed by atoms with Crippen molar-refractivity contribution in [1.82, 2.24) is 10.6 Å². The van der Waals surface area contributed by atoms with Gasteiger partial charge in [-0.1, -0.05) is 22.0 Å². The summed E-state index contributed by atoms with van der Waals surface area (Å²) >= 11 is 3.31. The first-order valence-corrected chi connectivity index (χ1v) is 8.11. The Morgan fingerprint density at radius 2 is 1.92 bits per heavy atom. The van der Waals surface area contributed by atoms with Crippen LogP contribution in [-0.4, -0.2) is 36.7 Å². The third kappa shape index (κ3) is 9.14. The van der Waals surface area contributed by atoms with Gasteiger partial charge in [-0.3, -0.25) is 14.9 Å². The molecule has 0 saturated carbocycles. The van der Waals surface area contributed by atoms with Crippen molar-refractivity contribution in [3.8, 4) is 5.75 Å². The van der Waals surface area contributed by atoms with Gasteiger partial charge in [-0.2, -0.15) is 0 Å². The molecule has 0 saturated heterocycles. The molecule has 24 heavy (non-hydrogen) atoms. The molecule has 7 nitrogen and oxygen atoms in total. The Hall–Kier alpha value is -2.09. The zero-order valence-electron chi connectivity index (χ0n) is 13.8. The lowest BCUT2D eigenvalue weighted by molar-refractivity contribution is -0.148. The molecule has 0 aliphatic heterocycles. The van der Waals surface area contributed by atoms with E-state index in [1.165, 1.54) is 0 Å². The van der Waals surface area contributed by atoms with Crippen molar-refractivity contribution in [2.24, 2.45) is 0 Å². The molecule has 0 bridgehead atoms. The van der Waals surface area contributed by atoms with Crippen LogP contribution in [0.1, 0.15) is 27.2 Å². The predicted octanol–water partition coefficient (Wildman–Crippen LogP) is 2.39. The first-order chi connectivity index (χ1) is 11.2. The van der Waals surface area contributed by atoms with Crippen LogP contribution in [0.25, 0.3) is 0 Å². The van der Waals surface area contributed by atoms with Crippen LogP contribution in [0.2, 0.25) is 0 Å². The Morgan fingerprint density at radius 1 is 1.21 bits per heavy atom. The Balaban J connectivity index is 2.21. The molecule has 1 aromatic rings. The van der Waals surface area contributed by atoms with Gasteiger partial charge in [0.15, 0.2) is 6.61 Å². The smallest absolute Gasteiger partial charge is 0.321 e. The van der Waals surface area contributed by atoms with Crippen LogP contribution in [0.3, 0.4) is 0 Å². The second-order valence-electron chi connectivity index (χ2n) is 5.97. The second-order valence-corrected chi connectivity index (χ2v) is 6.88. The third-order valence-corrected chi connectivity index (χ3v) is 2.97. The maximum Gasteiger partial charge on any atom is 0.321 e. The molecule has 0 aromatic heterocycles. The number of urea groups is 1.